The average molecular weight is 281 g/mol. The van der Waals surface area contributed by atoms with Gasteiger partial charge in [-0.15, -0.1) is 0 Å². The Labute approximate surface area is 117 Å². The van der Waals surface area contributed by atoms with Gasteiger partial charge < -0.3 is 19.9 Å². The second kappa shape index (κ2) is 8.04. The maximum absolute atomic E-state index is 11.6. The van der Waals surface area contributed by atoms with Crippen molar-refractivity contribution in [2.45, 2.75) is 26.4 Å². The van der Waals surface area contributed by atoms with Crippen LogP contribution in [0.2, 0.25) is 0 Å². The predicted molar refractivity (Wildman–Crippen MR) is 73.2 cm³/mol. The standard InChI is InChI=1S/C14H19NO5/c1-3-12(14(17)18-4-2)20-13(16)9-19-11-7-5-10(15)6-8-11/h5-8,12H,3-4,9,15H2,1-2H3. The van der Waals surface area contributed by atoms with Crippen LogP contribution in [0.5, 0.6) is 5.75 Å². The maximum Gasteiger partial charge on any atom is 0.347 e. The average Bonchev–Trinajstić information content (AvgIpc) is 2.44. The summed E-state index contributed by atoms with van der Waals surface area (Å²) in [6.45, 7) is 3.39. The Hall–Kier alpha value is -2.24. The number of rotatable bonds is 7. The highest BCUT2D eigenvalue weighted by molar-refractivity contribution is 5.79. The number of hydrogen-bond donors (Lipinski definition) is 1. The summed E-state index contributed by atoms with van der Waals surface area (Å²) in [5.74, 6) is -0.669. The van der Waals surface area contributed by atoms with Crippen molar-refractivity contribution in [1.29, 1.82) is 0 Å². The Morgan fingerprint density at radius 2 is 1.85 bits per heavy atom. The summed E-state index contributed by atoms with van der Waals surface area (Å²) in [7, 11) is 0. The quantitative estimate of drug-likeness (QED) is 0.602. The summed E-state index contributed by atoms with van der Waals surface area (Å²) in [4.78, 5) is 23.0. The molecule has 6 nitrogen and oxygen atoms in total. The number of anilines is 1. The minimum atomic E-state index is -0.891. The number of ether oxygens (including phenoxy) is 3. The lowest BCUT2D eigenvalue weighted by molar-refractivity contribution is -0.168. The first-order chi connectivity index (χ1) is 9.56. The van der Waals surface area contributed by atoms with Crippen molar-refractivity contribution in [3.8, 4) is 5.75 Å². The van der Waals surface area contributed by atoms with Crippen molar-refractivity contribution in [3.63, 3.8) is 0 Å². The minimum absolute atomic E-state index is 0.245. The van der Waals surface area contributed by atoms with Gasteiger partial charge in [-0.1, -0.05) is 6.92 Å². The molecule has 1 aromatic rings. The molecule has 6 heteroatoms. The second-order valence-corrected chi connectivity index (χ2v) is 4.00. The summed E-state index contributed by atoms with van der Waals surface area (Å²) in [5.41, 5.74) is 6.13. The molecular formula is C14H19NO5. The Bertz CT molecular complexity index is 443. The molecule has 0 amide bonds. The smallest absolute Gasteiger partial charge is 0.347 e. The number of esters is 2. The molecule has 0 heterocycles. The van der Waals surface area contributed by atoms with Crippen molar-refractivity contribution in [2.24, 2.45) is 0 Å². The van der Waals surface area contributed by atoms with Gasteiger partial charge in [0.2, 0.25) is 0 Å². The lowest BCUT2D eigenvalue weighted by Crippen LogP contribution is -2.30. The van der Waals surface area contributed by atoms with E-state index in [-0.39, 0.29) is 13.2 Å². The van der Waals surface area contributed by atoms with Crippen LogP contribution in [0.4, 0.5) is 5.69 Å². The van der Waals surface area contributed by atoms with Gasteiger partial charge in [0, 0.05) is 5.69 Å². The third kappa shape index (κ3) is 5.17. The summed E-state index contributed by atoms with van der Waals surface area (Å²) in [6, 6.07) is 6.61. The lowest BCUT2D eigenvalue weighted by Gasteiger charge is -2.14. The van der Waals surface area contributed by atoms with E-state index in [1.807, 2.05) is 0 Å². The van der Waals surface area contributed by atoms with E-state index in [2.05, 4.69) is 0 Å². The zero-order valence-corrected chi connectivity index (χ0v) is 11.6. The summed E-state index contributed by atoms with van der Waals surface area (Å²) < 4.78 is 15.0. The summed E-state index contributed by atoms with van der Waals surface area (Å²) in [5, 5.41) is 0. The van der Waals surface area contributed by atoms with E-state index in [4.69, 9.17) is 19.9 Å². The van der Waals surface area contributed by atoms with Gasteiger partial charge in [0.1, 0.15) is 5.75 Å². The van der Waals surface area contributed by atoms with Crippen LogP contribution in [0.3, 0.4) is 0 Å². The first-order valence-electron chi connectivity index (χ1n) is 6.41. The molecule has 0 bridgehead atoms. The molecule has 0 radical (unpaired) electrons. The van der Waals surface area contributed by atoms with E-state index in [9.17, 15) is 9.59 Å². The molecule has 1 aromatic carbocycles. The lowest BCUT2D eigenvalue weighted by atomic mass is 10.3. The number of hydrogen-bond acceptors (Lipinski definition) is 6. The number of benzene rings is 1. The van der Waals surface area contributed by atoms with Crippen LogP contribution in [0.1, 0.15) is 20.3 Å². The van der Waals surface area contributed by atoms with Gasteiger partial charge in [-0.25, -0.2) is 9.59 Å². The van der Waals surface area contributed by atoms with Crippen LogP contribution in [-0.2, 0) is 19.1 Å². The molecule has 0 aliphatic heterocycles. The largest absolute Gasteiger partial charge is 0.482 e. The van der Waals surface area contributed by atoms with Gasteiger partial charge in [-0.2, -0.15) is 0 Å². The molecular weight excluding hydrogens is 262 g/mol. The third-order valence-electron chi connectivity index (χ3n) is 2.43. The molecule has 0 saturated heterocycles. The fraction of sp³-hybridized carbons (Fsp3) is 0.429. The fourth-order valence-electron chi connectivity index (χ4n) is 1.43. The molecule has 0 spiro atoms. The maximum atomic E-state index is 11.6. The van der Waals surface area contributed by atoms with Gasteiger partial charge >= 0.3 is 11.9 Å². The first kappa shape index (κ1) is 15.8. The Balaban J connectivity index is 2.42. The summed E-state index contributed by atoms with van der Waals surface area (Å²) >= 11 is 0. The van der Waals surface area contributed by atoms with E-state index in [1.54, 1.807) is 38.1 Å². The van der Waals surface area contributed by atoms with Crippen LogP contribution in [0.15, 0.2) is 24.3 Å². The number of nitrogens with two attached hydrogens (primary N) is 1. The van der Waals surface area contributed by atoms with Gasteiger partial charge in [-0.05, 0) is 37.6 Å². The van der Waals surface area contributed by atoms with Crippen molar-refractivity contribution in [3.05, 3.63) is 24.3 Å². The van der Waals surface area contributed by atoms with E-state index in [0.29, 0.717) is 17.9 Å². The molecule has 1 unspecified atom stereocenters. The van der Waals surface area contributed by atoms with Gasteiger partial charge in [0.25, 0.3) is 0 Å². The molecule has 110 valence electrons. The SMILES string of the molecule is CCOC(=O)C(CC)OC(=O)COc1ccc(N)cc1. The molecule has 1 rings (SSSR count). The fourth-order valence-corrected chi connectivity index (χ4v) is 1.43. The van der Waals surface area contributed by atoms with Crippen LogP contribution in [0, 0.1) is 0 Å². The highest BCUT2D eigenvalue weighted by atomic mass is 16.6. The molecule has 0 aromatic heterocycles. The van der Waals surface area contributed by atoms with Gasteiger partial charge in [-0.3, -0.25) is 0 Å². The summed E-state index contributed by atoms with van der Waals surface area (Å²) in [6.07, 6.45) is -0.538. The van der Waals surface area contributed by atoms with E-state index >= 15 is 0 Å². The molecule has 0 saturated carbocycles. The molecule has 0 aliphatic carbocycles. The zero-order chi connectivity index (χ0) is 15.0. The molecule has 1 atom stereocenters. The first-order valence-corrected chi connectivity index (χ1v) is 6.41. The third-order valence-corrected chi connectivity index (χ3v) is 2.43. The van der Waals surface area contributed by atoms with Crippen molar-refractivity contribution >= 4 is 17.6 Å². The van der Waals surface area contributed by atoms with Gasteiger partial charge in [0.05, 0.1) is 6.61 Å². The minimum Gasteiger partial charge on any atom is -0.482 e. The Kier molecular flexibility index (Phi) is 6.36. The number of nitrogen functional groups attached to an aromatic ring is 1. The van der Waals surface area contributed by atoms with Crippen LogP contribution in [0.25, 0.3) is 0 Å². The number of carbonyl (C=O) groups is 2. The van der Waals surface area contributed by atoms with E-state index in [0.717, 1.165) is 0 Å². The monoisotopic (exact) mass is 281 g/mol. The number of carbonyl (C=O) groups excluding carboxylic acids is 2. The van der Waals surface area contributed by atoms with E-state index < -0.39 is 18.0 Å². The van der Waals surface area contributed by atoms with Crippen molar-refractivity contribution in [1.82, 2.24) is 0 Å². The molecule has 2 N–H and O–H groups in total. The van der Waals surface area contributed by atoms with Crippen molar-refractivity contribution < 1.29 is 23.8 Å². The van der Waals surface area contributed by atoms with Crippen LogP contribution < -0.4 is 10.5 Å². The van der Waals surface area contributed by atoms with Crippen LogP contribution >= 0.6 is 0 Å². The topological polar surface area (TPSA) is 87.8 Å². The normalized spacial score (nSPS) is 11.5. The van der Waals surface area contributed by atoms with Crippen molar-refractivity contribution in [2.75, 3.05) is 18.9 Å². The van der Waals surface area contributed by atoms with Crippen LogP contribution in [-0.4, -0.2) is 31.3 Å². The Morgan fingerprint density at radius 3 is 2.40 bits per heavy atom. The molecule has 20 heavy (non-hydrogen) atoms. The molecule has 0 aliphatic rings. The van der Waals surface area contributed by atoms with E-state index in [1.165, 1.54) is 0 Å². The zero-order valence-electron chi connectivity index (χ0n) is 11.6. The highest BCUT2D eigenvalue weighted by Gasteiger charge is 2.22. The molecule has 0 fully saturated rings. The highest BCUT2D eigenvalue weighted by Crippen LogP contribution is 2.13. The second-order valence-electron chi connectivity index (χ2n) is 4.00. The van der Waals surface area contributed by atoms with Gasteiger partial charge in [0.15, 0.2) is 12.7 Å². The predicted octanol–water partition coefficient (Wildman–Crippen LogP) is 1.53. The Morgan fingerprint density at radius 1 is 1.20 bits per heavy atom.